The van der Waals surface area contributed by atoms with Crippen LogP contribution in [-0.4, -0.2) is 48.8 Å². The van der Waals surface area contributed by atoms with Crippen molar-refractivity contribution in [3.63, 3.8) is 0 Å². The largest absolute Gasteiger partial charge is 0.350 e. The van der Waals surface area contributed by atoms with Gasteiger partial charge in [0.05, 0.1) is 4.90 Å². The maximum absolute atomic E-state index is 13.2. The molecular formula is C26H28N4O3S. The Balaban J connectivity index is 1.67. The van der Waals surface area contributed by atoms with E-state index >= 15 is 0 Å². The molecule has 0 aliphatic rings. The Hall–Kier alpha value is -3.49. The van der Waals surface area contributed by atoms with Crippen LogP contribution in [0.1, 0.15) is 27.2 Å². The summed E-state index contributed by atoms with van der Waals surface area (Å²) in [6.45, 7) is 3.02. The van der Waals surface area contributed by atoms with Gasteiger partial charge in [0, 0.05) is 50.5 Å². The molecule has 0 aliphatic carbocycles. The summed E-state index contributed by atoms with van der Waals surface area (Å²) >= 11 is 0. The van der Waals surface area contributed by atoms with E-state index in [1.54, 1.807) is 36.7 Å². The SMILES string of the molecule is Cc1ccccc1CCNC(=O)c1cc2cc(S(=O)(=O)N(C)C)ccc2n1Cc1ccncc1. The number of hydrogen-bond acceptors (Lipinski definition) is 4. The summed E-state index contributed by atoms with van der Waals surface area (Å²) < 4.78 is 28.4. The molecule has 0 aliphatic heterocycles. The number of pyridine rings is 1. The van der Waals surface area contributed by atoms with Crippen LogP contribution >= 0.6 is 0 Å². The Morgan fingerprint density at radius 1 is 1.03 bits per heavy atom. The Labute approximate surface area is 200 Å². The number of sulfonamides is 1. The first-order valence-corrected chi connectivity index (χ1v) is 12.5. The van der Waals surface area contributed by atoms with Gasteiger partial charge >= 0.3 is 0 Å². The van der Waals surface area contributed by atoms with Crippen molar-refractivity contribution in [3.8, 4) is 0 Å². The molecule has 2 aromatic carbocycles. The van der Waals surface area contributed by atoms with Gasteiger partial charge in [-0.15, -0.1) is 0 Å². The normalized spacial score (nSPS) is 11.8. The van der Waals surface area contributed by atoms with E-state index in [1.807, 2.05) is 28.8 Å². The Morgan fingerprint density at radius 3 is 2.47 bits per heavy atom. The number of nitrogens with zero attached hydrogens (tertiary/aromatic N) is 3. The molecule has 7 nitrogen and oxygen atoms in total. The van der Waals surface area contributed by atoms with Gasteiger partial charge in [-0.05, 0) is 66.4 Å². The molecule has 1 amide bonds. The molecule has 0 radical (unpaired) electrons. The fourth-order valence-corrected chi connectivity index (χ4v) is 4.88. The molecule has 4 rings (SSSR count). The number of amides is 1. The molecule has 4 aromatic rings. The molecule has 0 saturated heterocycles. The highest BCUT2D eigenvalue weighted by molar-refractivity contribution is 7.89. The summed E-state index contributed by atoms with van der Waals surface area (Å²) in [6, 6.07) is 18.6. The second-order valence-electron chi connectivity index (χ2n) is 8.41. The Bertz CT molecular complexity index is 1430. The van der Waals surface area contributed by atoms with Gasteiger partial charge in [0.1, 0.15) is 5.69 Å². The predicted octanol–water partition coefficient (Wildman–Crippen LogP) is 3.62. The van der Waals surface area contributed by atoms with E-state index in [1.165, 1.54) is 29.5 Å². The molecule has 176 valence electrons. The number of aromatic nitrogens is 2. The van der Waals surface area contributed by atoms with Crippen LogP contribution in [0.25, 0.3) is 10.9 Å². The third kappa shape index (κ3) is 4.88. The molecule has 0 bridgehead atoms. The van der Waals surface area contributed by atoms with E-state index in [-0.39, 0.29) is 10.8 Å². The van der Waals surface area contributed by atoms with Gasteiger partial charge in [-0.1, -0.05) is 24.3 Å². The first-order valence-electron chi connectivity index (χ1n) is 11.0. The van der Waals surface area contributed by atoms with Crippen molar-refractivity contribution in [2.45, 2.75) is 24.8 Å². The van der Waals surface area contributed by atoms with Gasteiger partial charge in [-0.3, -0.25) is 9.78 Å². The van der Waals surface area contributed by atoms with E-state index in [9.17, 15) is 13.2 Å². The highest BCUT2D eigenvalue weighted by Crippen LogP contribution is 2.26. The second-order valence-corrected chi connectivity index (χ2v) is 10.6. The van der Waals surface area contributed by atoms with Crippen LogP contribution in [0.2, 0.25) is 0 Å². The van der Waals surface area contributed by atoms with Crippen molar-refractivity contribution >= 4 is 26.8 Å². The number of hydrogen-bond donors (Lipinski definition) is 1. The summed E-state index contributed by atoms with van der Waals surface area (Å²) in [6.07, 6.45) is 4.16. The van der Waals surface area contributed by atoms with Crippen molar-refractivity contribution in [3.05, 3.63) is 95.4 Å². The second kappa shape index (κ2) is 9.79. The summed E-state index contributed by atoms with van der Waals surface area (Å²) in [5.74, 6) is -0.198. The molecule has 0 saturated carbocycles. The van der Waals surface area contributed by atoms with Crippen LogP contribution in [0.4, 0.5) is 0 Å². The van der Waals surface area contributed by atoms with E-state index in [4.69, 9.17) is 0 Å². The molecule has 0 unspecified atom stereocenters. The third-order valence-electron chi connectivity index (χ3n) is 5.92. The molecule has 34 heavy (non-hydrogen) atoms. The van der Waals surface area contributed by atoms with Crippen molar-refractivity contribution in [2.75, 3.05) is 20.6 Å². The van der Waals surface area contributed by atoms with E-state index in [0.29, 0.717) is 24.2 Å². The third-order valence-corrected chi connectivity index (χ3v) is 7.73. The lowest BCUT2D eigenvalue weighted by atomic mass is 10.1. The van der Waals surface area contributed by atoms with E-state index in [2.05, 4.69) is 29.4 Å². The fraction of sp³-hybridized carbons (Fsp3) is 0.231. The van der Waals surface area contributed by atoms with Crippen LogP contribution in [0, 0.1) is 6.92 Å². The lowest BCUT2D eigenvalue weighted by molar-refractivity contribution is 0.0945. The Morgan fingerprint density at radius 2 is 1.76 bits per heavy atom. The number of carbonyl (C=O) groups excluding carboxylic acids is 1. The monoisotopic (exact) mass is 476 g/mol. The van der Waals surface area contributed by atoms with E-state index < -0.39 is 10.0 Å². The van der Waals surface area contributed by atoms with Gasteiger partial charge in [0.2, 0.25) is 10.0 Å². The highest BCUT2D eigenvalue weighted by atomic mass is 32.2. The zero-order valence-electron chi connectivity index (χ0n) is 19.5. The first-order chi connectivity index (χ1) is 16.3. The topological polar surface area (TPSA) is 84.3 Å². The van der Waals surface area contributed by atoms with Gasteiger partial charge in [0.15, 0.2) is 0 Å². The maximum Gasteiger partial charge on any atom is 0.267 e. The first kappa shape index (κ1) is 23.7. The van der Waals surface area contributed by atoms with Crippen LogP contribution in [0.15, 0.2) is 78.0 Å². The summed E-state index contributed by atoms with van der Waals surface area (Å²) in [5.41, 5.74) is 4.65. The van der Waals surface area contributed by atoms with Gasteiger partial charge < -0.3 is 9.88 Å². The minimum Gasteiger partial charge on any atom is -0.350 e. The lowest BCUT2D eigenvalue weighted by Gasteiger charge is -2.13. The van der Waals surface area contributed by atoms with Crippen LogP contribution in [-0.2, 0) is 23.0 Å². The van der Waals surface area contributed by atoms with Gasteiger partial charge in [0.25, 0.3) is 5.91 Å². The van der Waals surface area contributed by atoms with Crippen LogP contribution in [0.3, 0.4) is 0 Å². The number of benzene rings is 2. The van der Waals surface area contributed by atoms with Crippen LogP contribution in [0.5, 0.6) is 0 Å². The van der Waals surface area contributed by atoms with Crippen molar-refractivity contribution in [1.29, 1.82) is 0 Å². The number of nitrogens with one attached hydrogen (secondary N) is 1. The lowest BCUT2D eigenvalue weighted by Crippen LogP contribution is -2.28. The van der Waals surface area contributed by atoms with E-state index in [0.717, 1.165) is 17.5 Å². The zero-order chi connectivity index (χ0) is 24.3. The molecule has 1 N–H and O–H groups in total. The van der Waals surface area contributed by atoms with Crippen molar-refractivity contribution in [2.24, 2.45) is 0 Å². The fourth-order valence-electron chi connectivity index (χ4n) is 3.94. The molecule has 2 aromatic heterocycles. The van der Waals surface area contributed by atoms with Crippen molar-refractivity contribution < 1.29 is 13.2 Å². The van der Waals surface area contributed by atoms with Gasteiger partial charge in [-0.2, -0.15) is 0 Å². The smallest absolute Gasteiger partial charge is 0.267 e. The van der Waals surface area contributed by atoms with Crippen LogP contribution < -0.4 is 5.32 Å². The standard InChI is InChI=1S/C26H28N4O3S/c1-19-6-4-5-7-21(19)12-15-28-26(31)25-17-22-16-23(34(32,33)29(2)3)8-9-24(22)30(25)18-20-10-13-27-14-11-20/h4-11,13-14,16-17H,12,15,18H2,1-3H3,(H,28,31). The number of rotatable bonds is 8. The Kier molecular flexibility index (Phi) is 6.81. The zero-order valence-corrected chi connectivity index (χ0v) is 20.3. The van der Waals surface area contributed by atoms with Crippen molar-refractivity contribution in [1.82, 2.24) is 19.2 Å². The molecule has 0 fully saturated rings. The predicted molar refractivity (Wildman–Crippen MR) is 133 cm³/mol. The van der Waals surface area contributed by atoms with Gasteiger partial charge in [-0.25, -0.2) is 12.7 Å². The molecule has 2 heterocycles. The number of carbonyl (C=O) groups is 1. The molecule has 8 heteroatoms. The number of fused-ring (bicyclic) bond motifs is 1. The average molecular weight is 477 g/mol. The summed E-state index contributed by atoms with van der Waals surface area (Å²) in [7, 11) is -0.582. The molecule has 0 atom stereocenters. The average Bonchev–Trinajstić information content (AvgIpc) is 3.18. The molecular weight excluding hydrogens is 448 g/mol. The molecule has 0 spiro atoms. The maximum atomic E-state index is 13.2. The highest BCUT2D eigenvalue weighted by Gasteiger charge is 2.21. The summed E-state index contributed by atoms with van der Waals surface area (Å²) in [4.78, 5) is 17.5. The minimum absolute atomic E-state index is 0.192. The summed E-state index contributed by atoms with van der Waals surface area (Å²) in [5, 5.41) is 3.72. The quantitative estimate of drug-likeness (QED) is 0.421. The number of aryl methyl sites for hydroxylation is 1. The minimum atomic E-state index is -3.58.